The van der Waals surface area contributed by atoms with Crippen molar-refractivity contribution in [3.05, 3.63) is 105 Å². The number of benzene rings is 3. The molecule has 0 aromatic heterocycles. The first-order chi connectivity index (χ1) is 14.4. The third-order valence-corrected chi connectivity index (χ3v) is 5.17. The Balaban J connectivity index is 1.64. The normalized spacial score (nSPS) is 11.1. The average Bonchev–Trinajstić information content (AvgIpc) is 2.71. The van der Waals surface area contributed by atoms with Crippen molar-refractivity contribution in [2.45, 2.75) is 45.4 Å². The molecule has 0 saturated heterocycles. The monoisotopic (exact) mass is 418 g/mol. The maximum atomic E-state index is 14.5. The van der Waals surface area contributed by atoms with Crippen LogP contribution < -0.4 is 0 Å². The molecule has 0 aliphatic carbocycles. The van der Waals surface area contributed by atoms with E-state index in [1.165, 1.54) is 17.7 Å². The number of hydrogen-bond acceptors (Lipinski definition) is 0. The van der Waals surface area contributed by atoms with Gasteiger partial charge in [0.2, 0.25) is 0 Å². The van der Waals surface area contributed by atoms with E-state index in [-0.39, 0.29) is 24.0 Å². The van der Waals surface area contributed by atoms with Crippen LogP contribution in [-0.2, 0) is 32.1 Å². The fourth-order valence-electron chi connectivity index (χ4n) is 3.51. The van der Waals surface area contributed by atoms with Gasteiger partial charge in [0.15, 0.2) is 17.5 Å². The van der Waals surface area contributed by atoms with Crippen LogP contribution in [-0.4, -0.2) is 0 Å². The second-order valence-electron chi connectivity index (χ2n) is 7.48. The predicted molar refractivity (Wildman–Crippen MR) is 108 cm³/mol. The van der Waals surface area contributed by atoms with Crippen LogP contribution in [0.4, 0.5) is 22.0 Å². The smallest absolute Gasteiger partial charge is 0.194 e. The van der Waals surface area contributed by atoms with E-state index in [0.717, 1.165) is 30.5 Å². The largest absolute Gasteiger partial charge is 0.207 e. The Bertz CT molecular complexity index is 963. The molecule has 0 heterocycles. The summed E-state index contributed by atoms with van der Waals surface area (Å²) in [6.45, 7) is 2.12. The summed E-state index contributed by atoms with van der Waals surface area (Å²) in [5.74, 6) is -5.56. The van der Waals surface area contributed by atoms with Crippen molar-refractivity contribution < 1.29 is 22.0 Å². The Morgan fingerprint density at radius 2 is 0.900 bits per heavy atom. The Morgan fingerprint density at radius 3 is 1.40 bits per heavy atom. The van der Waals surface area contributed by atoms with E-state index in [0.29, 0.717) is 18.4 Å². The quantitative estimate of drug-likeness (QED) is 0.276. The maximum absolute atomic E-state index is 14.5. The highest BCUT2D eigenvalue weighted by Gasteiger charge is 2.14. The highest BCUT2D eigenvalue weighted by molar-refractivity contribution is 5.30. The second-order valence-corrected chi connectivity index (χ2v) is 7.48. The first-order valence-corrected chi connectivity index (χ1v) is 10.1. The van der Waals surface area contributed by atoms with Crippen LogP contribution >= 0.6 is 0 Å². The lowest BCUT2D eigenvalue weighted by Gasteiger charge is -2.10. The van der Waals surface area contributed by atoms with Crippen molar-refractivity contribution in [2.75, 3.05) is 0 Å². The van der Waals surface area contributed by atoms with Crippen molar-refractivity contribution >= 4 is 0 Å². The molecule has 0 atom stereocenters. The topological polar surface area (TPSA) is 0 Å². The Hall–Kier alpha value is -2.69. The third-order valence-electron chi connectivity index (χ3n) is 5.17. The van der Waals surface area contributed by atoms with Gasteiger partial charge in [-0.25, -0.2) is 22.0 Å². The SMILES string of the molecule is CCCc1ccc(CCc2cc(F)c(CCc3cc(F)c(F)c(F)c3)c(F)c2)cc1. The van der Waals surface area contributed by atoms with Crippen molar-refractivity contribution in [1.82, 2.24) is 0 Å². The number of halogens is 5. The molecule has 3 aromatic rings. The van der Waals surface area contributed by atoms with E-state index in [2.05, 4.69) is 19.1 Å². The first-order valence-electron chi connectivity index (χ1n) is 10.1. The molecule has 3 rings (SSSR count). The molecule has 0 saturated carbocycles. The van der Waals surface area contributed by atoms with E-state index in [1.54, 1.807) is 0 Å². The molecule has 158 valence electrons. The lowest BCUT2D eigenvalue weighted by Crippen LogP contribution is -2.03. The van der Waals surface area contributed by atoms with Crippen LogP contribution in [0.25, 0.3) is 0 Å². The Kier molecular flexibility index (Phi) is 7.24. The van der Waals surface area contributed by atoms with Gasteiger partial charge in [-0.2, -0.15) is 0 Å². The average molecular weight is 418 g/mol. The Morgan fingerprint density at radius 1 is 0.500 bits per heavy atom. The minimum atomic E-state index is -1.56. The fraction of sp³-hybridized carbons (Fsp3) is 0.280. The van der Waals surface area contributed by atoms with Gasteiger partial charge in [-0.1, -0.05) is 37.6 Å². The van der Waals surface area contributed by atoms with Gasteiger partial charge in [0, 0.05) is 5.56 Å². The number of hydrogen-bond donors (Lipinski definition) is 0. The van der Waals surface area contributed by atoms with Gasteiger partial charge in [-0.15, -0.1) is 0 Å². The van der Waals surface area contributed by atoms with Gasteiger partial charge < -0.3 is 0 Å². The predicted octanol–water partition coefficient (Wildman–Crippen LogP) is 6.91. The molecule has 0 fully saturated rings. The molecule has 0 bridgehead atoms. The molecule has 0 unspecified atom stereocenters. The van der Waals surface area contributed by atoms with E-state index in [4.69, 9.17) is 0 Å². The minimum absolute atomic E-state index is 0.00852. The van der Waals surface area contributed by atoms with Crippen molar-refractivity contribution in [3.8, 4) is 0 Å². The van der Waals surface area contributed by atoms with E-state index < -0.39 is 29.1 Å². The minimum Gasteiger partial charge on any atom is -0.207 e. The molecule has 0 radical (unpaired) electrons. The van der Waals surface area contributed by atoms with Crippen LogP contribution in [0.1, 0.15) is 41.2 Å². The summed E-state index contributed by atoms with van der Waals surface area (Å²) in [6, 6.07) is 12.5. The van der Waals surface area contributed by atoms with Crippen molar-refractivity contribution in [1.29, 1.82) is 0 Å². The zero-order valence-electron chi connectivity index (χ0n) is 16.8. The third kappa shape index (κ3) is 5.47. The Labute approximate surface area is 173 Å². The summed E-state index contributed by atoms with van der Waals surface area (Å²) in [4.78, 5) is 0. The second kappa shape index (κ2) is 9.88. The molecular formula is C25H23F5. The molecule has 30 heavy (non-hydrogen) atoms. The summed E-state index contributed by atoms with van der Waals surface area (Å²) < 4.78 is 68.5. The summed E-state index contributed by atoms with van der Waals surface area (Å²) in [6.07, 6.45) is 3.17. The fourth-order valence-corrected chi connectivity index (χ4v) is 3.51. The molecular weight excluding hydrogens is 395 g/mol. The zero-order valence-corrected chi connectivity index (χ0v) is 16.8. The first kappa shape index (κ1) is 22.0. The van der Waals surface area contributed by atoms with Crippen LogP contribution in [0, 0.1) is 29.1 Å². The van der Waals surface area contributed by atoms with Gasteiger partial charge in [0.25, 0.3) is 0 Å². The number of rotatable bonds is 8. The number of aryl methyl sites for hydroxylation is 4. The molecule has 5 heteroatoms. The molecule has 0 N–H and O–H groups in total. The van der Waals surface area contributed by atoms with Crippen molar-refractivity contribution in [3.63, 3.8) is 0 Å². The zero-order chi connectivity index (χ0) is 21.7. The molecule has 0 amide bonds. The summed E-state index contributed by atoms with van der Waals surface area (Å²) in [5.41, 5.74) is 2.91. The van der Waals surface area contributed by atoms with E-state index in [1.807, 2.05) is 12.1 Å². The highest BCUT2D eigenvalue weighted by atomic mass is 19.2. The summed E-state index contributed by atoms with van der Waals surface area (Å²) in [7, 11) is 0. The lowest BCUT2D eigenvalue weighted by atomic mass is 9.98. The molecule has 0 nitrogen and oxygen atoms in total. The van der Waals surface area contributed by atoms with Crippen LogP contribution in [0.15, 0.2) is 48.5 Å². The molecule has 0 aliphatic rings. The van der Waals surface area contributed by atoms with Crippen molar-refractivity contribution in [2.24, 2.45) is 0 Å². The van der Waals surface area contributed by atoms with Gasteiger partial charge in [-0.3, -0.25) is 0 Å². The van der Waals surface area contributed by atoms with Crippen LogP contribution in [0.5, 0.6) is 0 Å². The van der Waals surface area contributed by atoms with Gasteiger partial charge in [0.05, 0.1) is 0 Å². The standard InChI is InChI=1S/C25H23F5/c1-2-3-16-4-6-17(7-5-16)8-9-18-12-21(26)20(22(27)13-18)11-10-19-14-23(28)25(30)24(29)15-19/h4-7,12-15H,2-3,8-11H2,1H3. The van der Waals surface area contributed by atoms with Gasteiger partial charge in [-0.05, 0) is 78.6 Å². The molecule has 0 aliphatic heterocycles. The summed E-state index contributed by atoms with van der Waals surface area (Å²) in [5, 5.41) is 0. The molecule has 3 aromatic carbocycles. The highest BCUT2D eigenvalue weighted by Crippen LogP contribution is 2.21. The van der Waals surface area contributed by atoms with E-state index >= 15 is 0 Å². The van der Waals surface area contributed by atoms with Crippen LogP contribution in [0.2, 0.25) is 0 Å². The lowest BCUT2D eigenvalue weighted by molar-refractivity contribution is 0.445. The molecule has 0 spiro atoms. The summed E-state index contributed by atoms with van der Waals surface area (Å²) >= 11 is 0. The van der Waals surface area contributed by atoms with Gasteiger partial charge >= 0.3 is 0 Å². The van der Waals surface area contributed by atoms with E-state index in [9.17, 15) is 22.0 Å². The van der Waals surface area contributed by atoms with Gasteiger partial charge in [0.1, 0.15) is 11.6 Å². The van der Waals surface area contributed by atoms with Crippen LogP contribution in [0.3, 0.4) is 0 Å². The maximum Gasteiger partial charge on any atom is 0.194 e.